The van der Waals surface area contributed by atoms with Gasteiger partial charge in [0.25, 0.3) is 0 Å². The van der Waals surface area contributed by atoms with Crippen LogP contribution in [-0.2, 0) is 22.5 Å². The van der Waals surface area contributed by atoms with Crippen molar-refractivity contribution in [3.63, 3.8) is 0 Å². The summed E-state index contributed by atoms with van der Waals surface area (Å²) in [5.41, 5.74) is 2.20. The van der Waals surface area contributed by atoms with Gasteiger partial charge in [-0.25, -0.2) is 0 Å². The predicted molar refractivity (Wildman–Crippen MR) is 137 cm³/mol. The van der Waals surface area contributed by atoms with Gasteiger partial charge in [0.1, 0.15) is 11.8 Å². The fraction of sp³-hybridized carbons (Fsp3) is 0.345. The minimum Gasteiger partial charge on any atom is -0.493 e. The van der Waals surface area contributed by atoms with Crippen LogP contribution in [-0.4, -0.2) is 50.3 Å². The van der Waals surface area contributed by atoms with Crippen LogP contribution >= 0.6 is 0 Å². The molecule has 35 heavy (non-hydrogen) atoms. The van der Waals surface area contributed by atoms with Crippen molar-refractivity contribution in [2.24, 2.45) is 0 Å². The lowest BCUT2D eigenvalue weighted by molar-refractivity contribution is -0.148. The Morgan fingerprint density at radius 2 is 1.60 bits per heavy atom. The van der Waals surface area contributed by atoms with Crippen molar-refractivity contribution >= 4 is 5.97 Å². The van der Waals surface area contributed by atoms with Gasteiger partial charge in [0.05, 0.1) is 14.2 Å². The quantitative estimate of drug-likeness (QED) is 0.425. The number of rotatable bonds is 10. The Labute approximate surface area is 207 Å². The first-order valence-electron chi connectivity index (χ1n) is 12.2. The summed E-state index contributed by atoms with van der Waals surface area (Å²) in [5.74, 6) is 1.88. The molecule has 3 aromatic carbocycles. The third-order valence-electron chi connectivity index (χ3n) is 6.48. The van der Waals surface area contributed by atoms with Crippen molar-refractivity contribution in [1.29, 1.82) is 0 Å². The molecule has 0 saturated carbocycles. The SMILES string of the molecule is COC(=O)[C@H](Cc1ccccc1)N(Cc1cccc(Oc2ccccc2OC)c1)C1CCNCC1. The average Bonchev–Trinajstić information content (AvgIpc) is 2.92. The lowest BCUT2D eigenvalue weighted by atomic mass is 9.97. The molecule has 4 rings (SSSR count). The molecule has 0 aliphatic carbocycles. The molecular weight excluding hydrogens is 440 g/mol. The maximum absolute atomic E-state index is 13.1. The van der Waals surface area contributed by atoms with Crippen LogP contribution in [0.5, 0.6) is 17.2 Å². The number of ether oxygens (including phenoxy) is 3. The Hall–Kier alpha value is -3.35. The summed E-state index contributed by atoms with van der Waals surface area (Å²) in [6, 6.07) is 25.7. The highest BCUT2D eigenvalue weighted by molar-refractivity contribution is 5.76. The minimum atomic E-state index is -0.371. The topological polar surface area (TPSA) is 60.0 Å². The van der Waals surface area contributed by atoms with Gasteiger partial charge in [-0.3, -0.25) is 9.69 Å². The van der Waals surface area contributed by atoms with E-state index in [0.29, 0.717) is 24.5 Å². The predicted octanol–water partition coefficient (Wildman–Crippen LogP) is 4.83. The number of benzene rings is 3. The Bertz CT molecular complexity index is 1080. The molecule has 1 aliphatic rings. The highest BCUT2D eigenvalue weighted by Gasteiger charge is 2.33. The Morgan fingerprint density at radius 3 is 2.31 bits per heavy atom. The fourth-order valence-electron chi connectivity index (χ4n) is 4.69. The van der Waals surface area contributed by atoms with E-state index < -0.39 is 0 Å². The molecule has 0 amide bonds. The molecule has 6 heteroatoms. The van der Waals surface area contributed by atoms with E-state index in [2.05, 4.69) is 28.4 Å². The van der Waals surface area contributed by atoms with Crippen molar-refractivity contribution in [2.75, 3.05) is 27.3 Å². The molecule has 184 valence electrons. The first-order chi connectivity index (χ1) is 17.2. The van der Waals surface area contributed by atoms with Gasteiger partial charge in [-0.2, -0.15) is 0 Å². The zero-order valence-corrected chi connectivity index (χ0v) is 20.5. The molecule has 1 heterocycles. The minimum absolute atomic E-state index is 0.200. The molecule has 3 aromatic rings. The summed E-state index contributed by atoms with van der Waals surface area (Å²) >= 11 is 0. The van der Waals surface area contributed by atoms with Crippen molar-refractivity contribution < 1.29 is 19.0 Å². The lowest BCUT2D eigenvalue weighted by Crippen LogP contribution is -2.51. The molecule has 0 bridgehead atoms. The van der Waals surface area contributed by atoms with Crippen molar-refractivity contribution in [2.45, 2.75) is 37.9 Å². The number of nitrogens with zero attached hydrogens (tertiary/aromatic N) is 1. The van der Waals surface area contributed by atoms with Crippen molar-refractivity contribution in [3.8, 4) is 17.2 Å². The number of nitrogens with one attached hydrogen (secondary N) is 1. The number of hydrogen-bond donors (Lipinski definition) is 1. The third kappa shape index (κ3) is 6.62. The molecule has 0 radical (unpaired) electrons. The number of carbonyl (C=O) groups is 1. The van der Waals surface area contributed by atoms with Gasteiger partial charge < -0.3 is 19.5 Å². The van der Waals surface area contributed by atoms with Gasteiger partial charge in [0.2, 0.25) is 0 Å². The smallest absolute Gasteiger partial charge is 0.323 e. The highest BCUT2D eigenvalue weighted by Crippen LogP contribution is 2.32. The first kappa shape index (κ1) is 24.8. The summed E-state index contributed by atoms with van der Waals surface area (Å²) in [7, 11) is 3.11. The summed E-state index contributed by atoms with van der Waals surface area (Å²) in [4.78, 5) is 15.4. The normalized spacial score (nSPS) is 14.9. The number of methoxy groups -OCH3 is 2. The summed E-state index contributed by atoms with van der Waals surface area (Å²) < 4.78 is 16.9. The van der Waals surface area contributed by atoms with Crippen LogP contribution in [0.1, 0.15) is 24.0 Å². The molecule has 0 unspecified atom stereocenters. The second-order valence-corrected chi connectivity index (χ2v) is 8.78. The number of hydrogen-bond acceptors (Lipinski definition) is 6. The Morgan fingerprint density at radius 1 is 0.914 bits per heavy atom. The van der Waals surface area contributed by atoms with Gasteiger partial charge in [0, 0.05) is 12.6 Å². The molecule has 6 nitrogen and oxygen atoms in total. The second kappa shape index (κ2) is 12.4. The van der Waals surface area contributed by atoms with E-state index in [4.69, 9.17) is 14.2 Å². The van der Waals surface area contributed by atoms with Crippen LogP contribution in [0.2, 0.25) is 0 Å². The lowest BCUT2D eigenvalue weighted by Gasteiger charge is -2.39. The molecule has 0 spiro atoms. The molecule has 1 saturated heterocycles. The van der Waals surface area contributed by atoms with Gasteiger partial charge in [0.15, 0.2) is 11.5 Å². The molecular formula is C29H34N2O4. The van der Waals surface area contributed by atoms with E-state index in [0.717, 1.165) is 42.8 Å². The van der Waals surface area contributed by atoms with Crippen LogP contribution in [0.15, 0.2) is 78.9 Å². The first-order valence-corrected chi connectivity index (χ1v) is 12.2. The number of carbonyl (C=O) groups excluding carboxylic acids is 1. The maximum Gasteiger partial charge on any atom is 0.323 e. The van der Waals surface area contributed by atoms with Crippen LogP contribution in [0, 0.1) is 0 Å². The molecule has 1 fully saturated rings. The zero-order valence-electron chi connectivity index (χ0n) is 20.5. The van der Waals surface area contributed by atoms with E-state index in [1.807, 2.05) is 60.7 Å². The Balaban J connectivity index is 1.60. The largest absolute Gasteiger partial charge is 0.493 e. The van der Waals surface area contributed by atoms with Crippen LogP contribution in [0.3, 0.4) is 0 Å². The standard InChI is InChI=1S/C29H34N2O4/c1-33-27-13-6-7-14-28(27)35-25-12-8-11-23(19-25)21-31(24-15-17-30-18-16-24)26(29(32)34-2)20-22-9-4-3-5-10-22/h3-14,19,24,26,30H,15-18,20-21H2,1-2H3/t26-/m0/s1. The van der Waals surface area contributed by atoms with Crippen LogP contribution in [0.4, 0.5) is 0 Å². The molecule has 1 N–H and O–H groups in total. The van der Waals surface area contributed by atoms with E-state index in [1.54, 1.807) is 7.11 Å². The monoisotopic (exact) mass is 474 g/mol. The van der Waals surface area contributed by atoms with Gasteiger partial charge in [-0.15, -0.1) is 0 Å². The summed E-state index contributed by atoms with van der Waals surface area (Å²) in [6.07, 6.45) is 2.58. The Kier molecular flexibility index (Phi) is 8.76. The summed E-state index contributed by atoms with van der Waals surface area (Å²) in [5, 5.41) is 3.44. The van der Waals surface area contributed by atoms with Gasteiger partial charge in [-0.05, 0) is 67.7 Å². The third-order valence-corrected chi connectivity index (χ3v) is 6.48. The average molecular weight is 475 g/mol. The maximum atomic E-state index is 13.1. The highest BCUT2D eigenvalue weighted by atomic mass is 16.5. The fourth-order valence-corrected chi connectivity index (χ4v) is 4.69. The summed E-state index contributed by atoms with van der Waals surface area (Å²) in [6.45, 7) is 2.51. The number of para-hydroxylation sites is 2. The van der Waals surface area contributed by atoms with Crippen molar-refractivity contribution in [1.82, 2.24) is 10.2 Å². The van der Waals surface area contributed by atoms with E-state index in [9.17, 15) is 4.79 Å². The van der Waals surface area contributed by atoms with E-state index in [-0.39, 0.29) is 18.1 Å². The second-order valence-electron chi connectivity index (χ2n) is 8.78. The van der Waals surface area contributed by atoms with Crippen LogP contribution < -0.4 is 14.8 Å². The zero-order chi connectivity index (χ0) is 24.5. The van der Waals surface area contributed by atoms with E-state index in [1.165, 1.54) is 7.11 Å². The molecule has 1 aliphatic heterocycles. The van der Waals surface area contributed by atoms with E-state index >= 15 is 0 Å². The number of esters is 1. The molecule has 1 atom stereocenters. The molecule has 0 aromatic heterocycles. The van der Waals surface area contributed by atoms with Crippen LogP contribution in [0.25, 0.3) is 0 Å². The van der Waals surface area contributed by atoms with Gasteiger partial charge >= 0.3 is 5.97 Å². The van der Waals surface area contributed by atoms with Crippen molar-refractivity contribution in [3.05, 3.63) is 90.0 Å². The number of piperidine rings is 1. The van der Waals surface area contributed by atoms with Gasteiger partial charge in [-0.1, -0.05) is 54.6 Å².